The zero-order valence-electron chi connectivity index (χ0n) is 10.4. The molecule has 0 fully saturated rings. The number of benzene rings is 1. The fourth-order valence-corrected chi connectivity index (χ4v) is 1.86. The fraction of sp³-hybridized carbons (Fsp3) is 0.308. The second-order valence-electron chi connectivity index (χ2n) is 4.19. The average molecular weight is 231 g/mol. The minimum atomic E-state index is 0.546. The van der Waals surface area contributed by atoms with Gasteiger partial charge >= 0.3 is 6.01 Å². The van der Waals surface area contributed by atoms with Gasteiger partial charge in [0.1, 0.15) is 5.75 Å². The van der Waals surface area contributed by atoms with Crippen LogP contribution in [0.25, 0.3) is 0 Å². The maximum atomic E-state index is 5.82. The van der Waals surface area contributed by atoms with Gasteiger partial charge in [0.25, 0.3) is 0 Å². The van der Waals surface area contributed by atoms with E-state index in [9.17, 15) is 0 Å². The Morgan fingerprint density at radius 3 is 2.41 bits per heavy atom. The lowest BCUT2D eigenvalue weighted by Crippen LogP contribution is -2.01. The number of hydrogen-bond acceptors (Lipinski definition) is 3. The first-order chi connectivity index (χ1) is 8.11. The molecule has 0 unspecified atom stereocenters. The molecule has 0 saturated heterocycles. The molecule has 2 aromatic rings. The molecule has 0 radical (unpaired) electrons. The number of aryl methyl sites for hydroxylation is 3. The van der Waals surface area contributed by atoms with Gasteiger partial charge in [0.15, 0.2) is 0 Å². The van der Waals surface area contributed by atoms with Crippen LogP contribution in [-0.2, 0) is 13.6 Å². The predicted octanol–water partition coefficient (Wildman–Crippen LogP) is 2.29. The van der Waals surface area contributed by atoms with Crippen molar-refractivity contribution in [1.29, 1.82) is 0 Å². The second kappa shape index (κ2) is 4.59. The summed E-state index contributed by atoms with van der Waals surface area (Å²) < 4.78 is 7.66. The average Bonchev–Trinajstić information content (AvgIpc) is 2.69. The lowest BCUT2D eigenvalue weighted by atomic mass is 10.1. The summed E-state index contributed by atoms with van der Waals surface area (Å²) in [5, 5.41) is 0. The highest BCUT2D eigenvalue weighted by Crippen LogP contribution is 2.28. The lowest BCUT2D eigenvalue weighted by molar-refractivity contribution is 0.419. The van der Waals surface area contributed by atoms with Crippen molar-refractivity contribution in [3.8, 4) is 11.8 Å². The Bertz CT molecular complexity index is 508. The molecule has 4 heteroatoms. The summed E-state index contributed by atoms with van der Waals surface area (Å²) in [6.07, 6.45) is 3.57. The molecule has 0 bridgehead atoms. The first-order valence-corrected chi connectivity index (χ1v) is 5.57. The van der Waals surface area contributed by atoms with Gasteiger partial charge in [-0.2, -0.15) is 0 Å². The SMILES string of the molecule is Cc1cc(CN)cc(C)c1Oc1nccn1C. The van der Waals surface area contributed by atoms with E-state index in [0.717, 1.165) is 22.4 Å². The molecule has 0 saturated carbocycles. The van der Waals surface area contributed by atoms with Gasteiger partial charge in [-0.1, -0.05) is 12.1 Å². The highest BCUT2D eigenvalue weighted by Gasteiger charge is 2.09. The van der Waals surface area contributed by atoms with Crippen LogP contribution in [0.5, 0.6) is 11.8 Å². The number of nitrogens with zero attached hydrogens (tertiary/aromatic N) is 2. The van der Waals surface area contributed by atoms with E-state index < -0.39 is 0 Å². The normalized spacial score (nSPS) is 10.6. The van der Waals surface area contributed by atoms with Crippen molar-refractivity contribution in [2.24, 2.45) is 12.8 Å². The van der Waals surface area contributed by atoms with E-state index in [0.29, 0.717) is 12.6 Å². The van der Waals surface area contributed by atoms with Crippen LogP contribution in [0.3, 0.4) is 0 Å². The topological polar surface area (TPSA) is 53.1 Å². The lowest BCUT2D eigenvalue weighted by Gasteiger charge is -2.12. The Balaban J connectivity index is 2.36. The molecular formula is C13H17N3O. The van der Waals surface area contributed by atoms with Gasteiger partial charge < -0.3 is 15.0 Å². The van der Waals surface area contributed by atoms with E-state index in [1.807, 2.05) is 43.8 Å². The van der Waals surface area contributed by atoms with Crippen molar-refractivity contribution in [3.63, 3.8) is 0 Å². The third-order valence-electron chi connectivity index (χ3n) is 2.73. The Morgan fingerprint density at radius 1 is 1.29 bits per heavy atom. The van der Waals surface area contributed by atoms with Gasteiger partial charge in [0.2, 0.25) is 0 Å². The minimum absolute atomic E-state index is 0.546. The van der Waals surface area contributed by atoms with Crippen LogP contribution < -0.4 is 10.5 Å². The molecule has 1 heterocycles. The quantitative estimate of drug-likeness (QED) is 0.881. The summed E-state index contributed by atoms with van der Waals surface area (Å²) in [6.45, 7) is 4.58. The summed E-state index contributed by atoms with van der Waals surface area (Å²) in [4.78, 5) is 4.15. The first kappa shape index (κ1) is 11.7. The number of hydrogen-bond donors (Lipinski definition) is 1. The van der Waals surface area contributed by atoms with Crippen LogP contribution in [0, 0.1) is 13.8 Å². The van der Waals surface area contributed by atoms with Crippen molar-refractivity contribution >= 4 is 0 Å². The van der Waals surface area contributed by atoms with E-state index >= 15 is 0 Å². The van der Waals surface area contributed by atoms with Crippen LogP contribution in [0.15, 0.2) is 24.5 Å². The summed E-state index contributed by atoms with van der Waals surface area (Å²) in [6, 6.07) is 4.69. The first-order valence-electron chi connectivity index (χ1n) is 5.57. The molecule has 4 nitrogen and oxygen atoms in total. The summed E-state index contributed by atoms with van der Waals surface area (Å²) in [5.74, 6) is 0.858. The molecule has 2 rings (SSSR count). The number of ether oxygens (including phenoxy) is 1. The van der Waals surface area contributed by atoms with Crippen LogP contribution in [0.4, 0.5) is 0 Å². The second-order valence-corrected chi connectivity index (χ2v) is 4.19. The van der Waals surface area contributed by atoms with Crippen LogP contribution in [-0.4, -0.2) is 9.55 Å². The highest BCUT2D eigenvalue weighted by molar-refractivity contribution is 5.44. The third kappa shape index (κ3) is 2.31. The van der Waals surface area contributed by atoms with Crippen molar-refractivity contribution in [1.82, 2.24) is 9.55 Å². The molecule has 2 N–H and O–H groups in total. The molecule has 1 aromatic heterocycles. The van der Waals surface area contributed by atoms with E-state index in [4.69, 9.17) is 10.5 Å². The molecule has 1 aromatic carbocycles. The standard InChI is InChI=1S/C13H17N3O/c1-9-6-11(8-14)7-10(2)12(9)17-13-15-4-5-16(13)3/h4-7H,8,14H2,1-3H3. The molecular weight excluding hydrogens is 214 g/mol. The van der Waals surface area contributed by atoms with Crippen LogP contribution >= 0.6 is 0 Å². The molecule has 90 valence electrons. The number of rotatable bonds is 3. The molecule has 0 aliphatic rings. The van der Waals surface area contributed by atoms with Gasteiger partial charge in [-0.15, -0.1) is 0 Å². The smallest absolute Gasteiger partial charge is 0.301 e. The maximum absolute atomic E-state index is 5.82. The van der Waals surface area contributed by atoms with E-state index in [2.05, 4.69) is 4.98 Å². The summed E-state index contributed by atoms with van der Waals surface area (Å²) >= 11 is 0. The van der Waals surface area contributed by atoms with Crippen LogP contribution in [0.2, 0.25) is 0 Å². The van der Waals surface area contributed by atoms with Gasteiger partial charge in [0, 0.05) is 26.0 Å². The minimum Gasteiger partial charge on any atom is -0.425 e. The van der Waals surface area contributed by atoms with E-state index in [-0.39, 0.29) is 0 Å². The van der Waals surface area contributed by atoms with Crippen molar-refractivity contribution < 1.29 is 4.74 Å². The van der Waals surface area contributed by atoms with Gasteiger partial charge in [0.05, 0.1) is 0 Å². The Kier molecular flexibility index (Phi) is 3.15. The molecule has 0 spiro atoms. The van der Waals surface area contributed by atoms with E-state index in [1.54, 1.807) is 6.20 Å². The Labute approximate surface area is 101 Å². The monoisotopic (exact) mass is 231 g/mol. The van der Waals surface area contributed by atoms with Crippen molar-refractivity contribution in [2.45, 2.75) is 20.4 Å². The molecule has 0 atom stereocenters. The van der Waals surface area contributed by atoms with Gasteiger partial charge in [-0.05, 0) is 30.5 Å². The van der Waals surface area contributed by atoms with Crippen LogP contribution in [0.1, 0.15) is 16.7 Å². The van der Waals surface area contributed by atoms with Crippen molar-refractivity contribution in [3.05, 3.63) is 41.2 Å². The van der Waals surface area contributed by atoms with Crippen molar-refractivity contribution in [2.75, 3.05) is 0 Å². The predicted molar refractivity (Wildman–Crippen MR) is 67.1 cm³/mol. The Morgan fingerprint density at radius 2 is 1.94 bits per heavy atom. The fourth-order valence-electron chi connectivity index (χ4n) is 1.86. The number of imidazole rings is 1. The zero-order valence-corrected chi connectivity index (χ0v) is 10.4. The summed E-state index contributed by atoms with van der Waals surface area (Å²) in [5.41, 5.74) is 8.91. The molecule has 0 aliphatic heterocycles. The van der Waals surface area contributed by atoms with Gasteiger partial charge in [-0.3, -0.25) is 0 Å². The van der Waals surface area contributed by atoms with E-state index in [1.165, 1.54) is 0 Å². The molecule has 0 aliphatic carbocycles. The van der Waals surface area contributed by atoms with Gasteiger partial charge in [-0.25, -0.2) is 4.98 Å². The zero-order chi connectivity index (χ0) is 12.4. The summed E-state index contributed by atoms with van der Waals surface area (Å²) in [7, 11) is 1.90. The molecule has 0 amide bonds. The third-order valence-corrected chi connectivity index (χ3v) is 2.73. The number of aromatic nitrogens is 2. The largest absolute Gasteiger partial charge is 0.425 e. The molecule has 17 heavy (non-hydrogen) atoms. The Hall–Kier alpha value is -1.81. The number of nitrogens with two attached hydrogens (primary N) is 1. The maximum Gasteiger partial charge on any atom is 0.301 e. The highest BCUT2D eigenvalue weighted by atomic mass is 16.5.